The van der Waals surface area contributed by atoms with E-state index in [1.807, 2.05) is 48.5 Å². The number of methoxy groups -OCH3 is 1. The molecule has 0 unspecified atom stereocenters. The Morgan fingerprint density at radius 3 is 2.41 bits per heavy atom. The Morgan fingerprint density at radius 1 is 1.09 bits per heavy atom. The molecule has 0 atom stereocenters. The Labute approximate surface area is 132 Å². The molecule has 3 heteroatoms. The van der Waals surface area contributed by atoms with E-state index < -0.39 is 0 Å². The second-order valence-corrected chi connectivity index (χ2v) is 5.71. The highest BCUT2D eigenvalue weighted by Crippen LogP contribution is 2.14. The van der Waals surface area contributed by atoms with E-state index in [-0.39, 0.29) is 5.91 Å². The predicted octanol–water partition coefficient (Wildman–Crippen LogP) is 3.89. The van der Waals surface area contributed by atoms with Crippen LogP contribution in [0.3, 0.4) is 0 Å². The van der Waals surface area contributed by atoms with Gasteiger partial charge in [0.25, 0.3) is 5.91 Å². The zero-order valence-electron chi connectivity index (χ0n) is 13.4. The lowest BCUT2D eigenvalue weighted by Crippen LogP contribution is -2.22. The molecular weight excluding hydrogens is 274 g/mol. The topological polar surface area (TPSA) is 38.3 Å². The van der Waals surface area contributed by atoms with Crippen LogP contribution in [-0.4, -0.2) is 13.0 Å². The Balaban J connectivity index is 1.96. The number of benzene rings is 2. The van der Waals surface area contributed by atoms with E-state index in [9.17, 15) is 4.79 Å². The van der Waals surface area contributed by atoms with E-state index in [1.165, 1.54) is 5.56 Å². The molecule has 0 heterocycles. The molecule has 0 saturated carbocycles. The van der Waals surface area contributed by atoms with E-state index in [0.29, 0.717) is 24.6 Å². The fourth-order valence-corrected chi connectivity index (χ4v) is 2.30. The SMILES string of the molecule is COCc1cccc(CNC(=O)c2ccc(C(C)C)cc2)c1. The van der Waals surface area contributed by atoms with Gasteiger partial charge in [0, 0.05) is 19.2 Å². The van der Waals surface area contributed by atoms with Crippen LogP contribution >= 0.6 is 0 Å². The van der Waals surface area contributed by atoms with Crippen LogP contribution in [0.15, 0.2) is 48.5 Å². The van der Waals surface area contributed by atoms with Crippen molar-refractivity contribution in [3.63, 3.8) is 0 Å². The van der Waals surface area contributed by atoms with Gasteiger partial charge in [0.1, 0.15) is 0 Å². The summed E-state index contributed by atoms with van der Waals surface area (Å²) in [5.41, 5.74) is 4.11. The van der Waals surface area contributed by atoms with Gasteiger partial charge in [0.2, 0.25) is 0 Å². The Hall–Kier alpha value is -2.13. The molecule has 0 spiro atoms. The lowest BCUT2D eigenvalue weighted by Gasteiger charge is -2.09. The van der Waals surface area contributed by atoms with Gasteiger partial charge in [-0.05, 0) is 34.7 Å². The first-order valence-corrected chi connectivity index (χ1v) is 7.55. The van der Waals surface area contributed by atoms with Gasteiger partial charge in [0.15, 0.2) is 0 Å². The molecule has 0 aromatic heterocycles. The second kappa shape index (κ2) is 7.76. The van der Waals surface area contributed by atoms with Crippen LogP contribution in [0.25, 0.3) is 0 Å². The number of rotatable bonds is 6. The van der Waals surface area contributed by atoms with Crippen LogP contribution in [0.5, 0.6) is 0 Å². The first-order chi connectivity index (χ1) is 10.6. The molecule has 116 valence electrons. The molecule has 0 aliphatic carbocycles. The first-order valence-electron chi connectivity index (χ1n) is 7.55. The molecule has 0 saturated heterocycles. The standard InChI is InChI=1S/C19H23NO2/c1-14(2)17-7-9-18(10-8-17)19(21)20-12-15-5-4-6-16(11-15)13-22-3/h4-11,14H,12-13H2,1-3H3,(H,20,21). The van der Waals surface area contributed by atoms with Gasteiger partial charge < -0.3 is 10.1 Å². The molecule has 22 heavy (non-hydrogen) atoms. The highest BCUT2D eigenvalue weighted by molar-refractivity contribution is 5.94. The van der Waals surface area contributed by atoms with Crippen LogP contribution in [-0.2, 0) is 17.9 Å². The monoisotopic (exact) mass is 297 g/mol. The summed E-state index contributed by atoms with van der Waals surface area (Å²) in [6.45, 7) is 5.38. The maximum Gasteiger partial charge on any atom is 0.251 e. The fourth-order valence-electron chi connectivity index (χ4n) is 2.30. The number of ether oxygens (including phenoxy) is 1. The lowest BCUT2D eigenvalue weighted by atomic mass is 10.0. The molecule has 3 nitrogen and oxygen atoms in total. The molecule has 1 amide bonds. The zero-order chi connectivity index (χ0) is 15.9. The summed E-state index contributed by atoms with van der Waals surface area (Å²) in [6, 6.07) is 15.8. The molecule has 1 N–H and O–H groups in total. The predicted molar refractivity (Wildman–Crippen MR) is 88.9 cm³/mol. The fraction of sp³-hybridized carbons (Fsp3) is 0.316. The summed E-state index contributed by atoms with van der Waals surface area (Å²) in [6.07, 6.45) is 0. The summed E-state index contributed by atoms with van der Waals surface area (Å²) in [7, 11) is 1.68. The highest BCUT2D eigenvalue weighted by Gasteiger charge is 2.06. The van der Waals surface area contributed by atoms with Crippen LogP contribution in [0, 0.1) is 0 Å². The van der Waals surface area contributed by atoms with E-state index in [0.717, 1.165) is 11.1 Å². The average Bonchev–Trinajstić information content (AvgIpc) is 2.53. The van der Waals surface area contributed by atoms with Crippen molar-refractivity contribution in [3.8, 4) is 0 Å². The number of nitrogens with one attached hydrogen (secondary N) is 1. The summed E-state index contributed by atoms with van der Waals surface area (Å²) in [5.74, 6) is 0.424. The van der Waals surface area contributed by atoms with Crippen molar-refractivity contribution in [1.82, 2.24) is 5.32 Å². The minimum atomic E-state index is -0.0487. The minimum Gasteiger partial charge on any atom is -0.380 e. The maximum absolute atomic E-state index is 12.2. The van der Waals surface area contributed by atoms with Crippen molar-refractivity contribution in [3.05, 3.63) is 70.8 Å². The number of carbonyl (C=O) groups excluding carboxylic acids is 1. The van der Waals surface area contributed by atoms with Crippen molar-refractivity contribution in [1.29, 1.82) is 0 Å². The number of hydrogen-bond donors (Lipinski definition) is 1. The molecule has 2 aromatic rings. The summed E-state index contributed by atoms with van der Waals surface area (Å²) in [4.78, 5) is 12.2. The second-order valence-electron chi connectivity index (χ2n) is 5.71. The third-order valence-corrected chi connectivity index (χ3v) is 3.60. The van der Waals surface area contributed by atoms with Crippen molar-refractivity contribution in [2.75, 3.05) is 7.11 Å². The van der Waals surface area contributed by atoms with Crippen LogP contribution in [0.2, 0.25) is 0 Å². The van der Waals surface area contributed by atoms with Gasteiger partial charge in [0.05, 0.1) is 6.61 Å². The third kappa shape index (κ3) is 4.43. The Kier molecular flexibility index (Phi) is 5.73. The van der Waals surface area contributed by atoms with E-state index >= 15 is 0 Å². The molecule has 0 aliphatic rings. The van der Waals surface area contributed by atoms with E-state index in [1.54, 1.807) is 7.11 Å². The van der Waals surface area contributed by atoms with Gasteiger partial charge in [-0.15, -0.1) is 0 Å². The lowest BCUT2D eigenvalue weighted by molar-refractivity contribution is 0.0951. The Bertz CT molecular complexity index is 618. The van der Waals surface area contributed by atoms with E-state index in [2.05, 4.69) is 19.2 Å². The molecular formula is C19H23NO2. The van der Waals surface area contributed by atoms with Gasteiger partial charge in [-0.1, -0.05) is 50.2 Å². The van der Waals surface area contributed by atoms with Crippen LogP contribution in [0.1, 0.15) is 46.8 Å². The van der Waals surface area contributed by atoms with E-state index in [4.69, 9.17) is 4.74 Å². The smallest absolute Gasteiger partial charge is 0.251 e. The largest absolute Gasteiger partial charge is 0.380 e. The average molecular weight is 297 g/mol. The number of amides is 1. The molecule has 0 aliphatic heterocycles. The maximum atomic E-state index is 12.2. The first kappa shape index (κ1) is 16.2. The van der Waals surface area contributed by atoms with Crippen LogP contribution in [0.4, 0.5) is 0 Å². The molecule has 0 radical (unpaired) electrons. The highest BCUT2D eigenvalue weighted by atomic mass is 16.5. The van der Waals surface area contributed by atoms with Crippen molar-refractivity contribution in [2.24, 2.45) is 0 Å². The summed E-state index contributed by atoms with van der Waals surface area (Å²) in [5, 5.41) is 2.95. The van der Waals surface area contributed by atoms with Crippen molar-refractivity contribution >= 4 is 5.91 Å². The molecule has 0 fully saturated rings. The zero-order valence-corrected chi connectivity index (χ0v) is 13.4. The summed E-state index contributed by atoms with van der Waals surface area (Å²) >= 11 is 0. The molecule has 2 rings (SSSR count). The van der Waals surface area contributed by atoms with Gasteiger partial charge in [-0.25, -0.2) is 0 Å². The number of carbonyl (C=O) groups is 1. The molecule has 2 aromatic carbocycles. The molecule has 0 bridgehead atoms. The number of hydrogen-bond acceptors (Lipinski definition) is 2. The quantitative estimate of drug-likeness (QED) is 0.878. The normalized spacial score (nSPS) is 10.7. The van der Waals surface area contributed by atoms with Gasteiger partial charge >= 0.3 is 0 Å². The van der Waals surface area contributed by atoms with Crippen molar-refractivity contribution in [2.45, 2.75) is 32.9 Å². The Morgan fingerprint density at radius 2 is 1.77 bits per heavy atom. The minimum absolute atomic E-state index is 0.0487. The van der Waals surface area contributed by atoms with Crippen LogP contribution < -0.4 is 5.32 Å². The summed E-state index contributed by atoms with van der Waals surface area (Å²) < 4.78 is 5.12. The third-order valence-electron chi connectivity index (χ3n) is 3.60. The van der Waals surface area contributed by atoms with Gasteiger partial charge in [-0.2, -0.15) is 0 Å². The van der Waals surface area contributed by atoms with Gasteiger partial charge in [-0.3, -0.25) is 4.79 Å². The van der Waals surface area contributed by atoms with Crippen molar-refractivity contribution < 1.29 is 9.53 Å².